The van der Waals surface area contributed by atoms with Gasteiger partial charge in [0.1, 0.15) is 5.75 Å². The summed E-state index contributed by atoms with van der Waals surface area (Å²) in [5.74, 6) is 0.706. The van der Waals surface area contributed by atoms with E-state index in [1.165, 1.54) is 4.68 Å². The number of fused-ring (bicyclic) bond motifs is 1. The third-order valence-corrected chi connectivity index (χ3v) is 4.51. The minimum atomic E-state index is -0.355. The molecule has 8 heteroatoms. The Morgan fingerprint density at radius 2 is 1.93 bits per heavy atom. The zero-order chi connectivity index (χ0) is 20.2. The van der Waals surface area contributed by atoms with Crippen LogP contribution in [0.1, 0.15) is 0 Å². The second kappa shape index (κ2) is 8.07. The lowest BCUT2D eigenvalue weighted by Crippen LogP contribution is -2.18. The van der Waals surface area contributed by atoms with Crippen LogP contribution in [0.3, 0.4) is 0 Å². The van der Waals surface area contributed by atoms with Crippen molar-refractivity contribution in [2.24, 2.45) is 10.2 Å². The van der Waals surface area contributed by atoms with Gasteiger partial charge in [0.25, 0.3) is 5.56 Å². The zero-order valence-electron chi connectivity index (χ0n) is 15.7. The van der Waals surface area contributed by atoms with E-state index < -0.39 is 0 Å². The maximum absolute atomic E-state index is 12.8. The van der Waals surface area contributed by atoms with Crippen LogP contribution in [0.15, 0.2) is 75.8 Å². The van der Waals surface area contributed by atoms with E-state index in [2.05, 4.69) is 20.3 Å². The van der Waals surface area contributed by atoms with Gasteiger partial charge in [-0.2, -0.15) is 0 Å². The van der Waals surface area contributed by atoms with Crippen LogP contribution in [0.25, 0.3) is 22.2 Å². The molecule has 2 N–H and O–H groups in total. The molecule has 146 valence electrons. The molecule has 8 nitrogen and oxygen atoms in total. The standard InChI is InChI=1S/C21H19N5O3/c1-29-15-9-7-14(8-10-15)19-20(21(28)26(25-19)12-13-27)24-23-18-6-2-5-17-16(18)4-3-11-22-17/h2-11,25,27H,12-13H2,1H3. The van der Waals surface area contributed by atoms with Crippen LogP contribution in [-0.4, -0.2) is 33.6 Å². The molecule has 0 spiro atoms. The topological polar surface area (TPSA) is 105 Å². The Hall–Kier alpha value is -3.78. The van der Waals surface area contributed by atoms with Gasteiger partial charge < -0.3 is 9.84 Å². The van der Waals surface area contributed by atoms with Gasteiger partial charge in [-0.15, -0.1) is 10.2 Å². The molecule has 0 atom stereocenters. The van der Waals surface area contributed by atoms with Crippen LogP contribution in [0.5, 0.6) is 5.75 Å². The second-order valence-corrected chi connectivity index (χ2v) is 6.29. The van der Waals surface area contributed by atoms with Gasteiger partial charge in [0, 0.05) is 17.1 Å². The highest BCUT2D eigenvalue weighted by Crippen LogP contribution is 2.30. The average molecular weight is 389 g/mol. The summed E-state index contributed by atoms with van der Waals surface area (Å²) in [6, 6.07) is 16.5. The monoisotopic (exact) mass is 389 g/mol. The summed E-state index contributed by atoms with van der Waals surface area (Å²) < 4.78 is 6.51. The fraction of sp³-hybridized carbons (Fsp3) is 0.143. The predicted octanol–water partition coefficient (Wildman–Crippen LogP) is 3.81. The molecule has 29 heavy (non-hydrogen) atoms. The molecule has 0 aliphatic carbocycles. The first-order valence-electron chi connectivity index (χ1n) is 9.05. The Bertz CT molecular complexity index is 1220. The van der Waals surface area contributed by atoms with Crippen LogP contribution >= 0.6 is 0 Å². The van der Waals surface area contributed by atoms with Crippen LogP contribution in [0.4, 0.5) is 11.4 Å². The number of aromatic nitrogens is 3. The predicted molar refractivity (Wildman–Crippen MR) is 110 cm³/mol. The van der Waals surface area contributed by atoms with E-state index in [0.717, 1.165) is 16.5 Å². The van der Waals surface area contributed by atoms with E-state index in [4.69, 9.17) is 4.74 Å². The van der Waals surface area contributed by atoms with Crippen molar-refractivity contribution in [1.82, 2.24) is 14.8 Å². The molecule has 0 fully saturated rings. The number of nitrogens with zero attached hydrogens (tertiary/aromatic N) is 4. The highest BCUT2D eigenvalue weighted by Gasteiger charge is 2.16. The number of benzene rings is 2. The van der Waals surface area contributed by atoms with Crippen LogP contribution in [0.2, 0.25) is 0 Å². The second-order valence-electron chi connectivity index (χ2n) is 6.29. The van der Waals surface area contributed by atoms with E-state index in [9.17, 15) is 9.90 Å². The van der Waals surface area contributed by atoms with Gasteiger partial charge in [0.15, 0.2) is 5.69 Å². The van der Waals surface area contributed by atoms with Gasteiger partial charge in [0.05, 0.1) is 37.2 Å². The highest BCUT2D eigenvalue weighted by molar-refractivity contribution is 5.89. The Morgan fingerprint density at radius 3 is 2.69 bits per heavy atom. The molecule has 0 unspecified atom stereocenters. The van der Waals surface area contributed by atoms with Crippen LogP contribution < -0.4 is 10.3 Å². The molecule has 0 aliphatic heterocycles. The summed E-state index contributed by atoms with van der Waals surface area (Å²) in [7, 11) is 1.59. The average Bonchev–Trinajstić information content (AvgIpc) is 3.08. The van der Waals surface area contributed by atoms with Crippen molar-refractivity contribution in [2.75, 3.05) is 13.7 Å². The Balaban J connectivity index is 1.81. The summed E-state index contributed by atoms with van der Waals surface area (Å²) in [6.45, 7) is -0.0380. The molecule has 0 amide bonds. The number of nitrogens with one attached hydrogen (secondary N) is 1. The van der Waals surface area contributed by atoms with E-state index in [1.807, 2.05) is 42.5 Å². The van der Waals surface area contributed by atoms with Crippen LogP contribution in [0, 0.1) is 0 Å². The lowest BCUT2D eigenvalue weighted by molar-refractivity contribution is 0.267. The first-order valence-corrected chi connectivity index (χ1v) is 9.05. The van der Waals surface area contributed by atoms with Crippen molar-refractivity contribution in [2.45, 2.75) is 6.54 Å². The smallest absolute Gasteiger partial charge is 0.295 e. The van der Waals surface area contributed by atoms with Gasteiger partial charge in [-0.1, -0.05) is 6.07 Å². The Morgan fingerprint density at radius 1 is 1.10 bits per heavy atom. The van der Waals surface area contributed by atoms with Crippen molar-refractivity contribution in [3.05, 3.63) is 71.1 Å². The number of methoxy groups -OCH3 is 1. The van der Waals surface area contributed by atoms with E-state index in [-0.39, 0.29) is 24.4 Å². The maximum atomic E-state index is 12.8. The number of H-pyrrole nitrogens is 1. The summed E-state index contributed by atoms with van der Waals surface area (Å²) >= 11 is 0. The summed E-state index contributed by atoms with van der Waals surface area (Å²) in [6.07, 6.45) is 1.71. The van der Waals surface area contributed by atoms with Crippen molar-refractivity contribution in [1.29, 1.82) is 0 Å². The Kier molecular flexibility index (Phi) is 5.17. The number of aromatic amines is 1. The van der Waals surface area contributed by atoms with Gasteiger partial charge >= 0.3 is 0 Å². The number of hydrogen-bond acceptors (Lipinski definition) is 6. The van der Waals surface area contributed by atoms with Gasteiger partial charge in [-0.05, 0) is 48.5 Å². The van der Waals surface area contributed by atoms with Gasteiger partial charge in [-0.25, -0.2) is 4.68 Å². The molecule has 0 radical (unpaired) electrons. The minimum absolute atomic E-state index is 0.135. The Labute approximate surface area is 166 Å². The summed E-state index contributed by atoms with van der Waals surface area (Å²) in [4.78, 5) is 17.1. The molecule has 0 bridgehead atoms. The summed E-state index contributed by atoms with van der Waals surface area (Å²) in [5, 5.41) is 21.7. The molecule has 0 saturated carbocycles. The quantitative estimate of drug-likeness (QED) is 0.489. The van der Waals surface area contributed by atoms with Gasteiger partial charge in [0.2, 0.25) is 0 Å². The SMILES string of the molecule is COc1ccc(-c2[nH]n(CCO)c(=O)c2N=Nc2cccc3ncccc23)cc1. The molecule has 4 rings (SSSR count). The van der Waals surface area contributed by atoms with E-state index in [0.29, 0.717) is 17.1 Å². The highest BCUT2D eigenvalue weighted by atomic mass is 16.5. The molecule has 2 aromatic heterocycles. The maximum Gasteiger partial charge on any atom is 0.295 e. The molecule has 0 aliphatic rings. The van der Waals surface area contributed by atoms with Crippen LogP contribution in [-0.2, 0) is 6.54 Å². The number of ether oxygens (including phenoxy) is 1. The van der Waals surface area contributed by atoms with Crippen molar-refractivity contribution < 1.29 is 9.84 Å². The van der Waals surface area contributed by atoms with E-state index >= 15 is 0 Å². The zero-order valence-corrected chi connectivity index (χ0v) is 15.7. The third-order valence-electron chi connectivity index (χ3n) is 4.51. The molecule has 2 heterocycles. The number of rotatable bonds is 6. The van der Waals surface area contributed by atoms with Crippen molar-refractivity contribution in [3.63, 3.8) is 0 Å². The number of aliphatic hydroxyl groups is 1. The largest absolute Gasteiger partial charge is 0.497 e. The molecular weight excluding hydrogens is 370 g/mol. The van der Waals surface area contributed by atoms with E-state index in [1.54, 1.807) is 25.4 Å². The van der Waals surface area contributed by atoms with Crippen molar-refractivity contribution in [3.8, 4) is 17.0 Å². The summed E-state index contributed by atoms with van der Waals surface area (Å²) in [5.41, 5.74) is 2.51. The molecule has 2 aromatic carbocycles. The lowest BCUT2D eigenvalue weighted by Gasteiger charge is -2.03. The minimum Gasteiger partial charge on any atom is -0.497 e. The lowest BCUT2D eigenvalue weighted by atomic mass is 10.1. The number of pyridine rings is 1. The fourth-order valence-corrected chi connectivity index (χ4v) is 3.06. The molecular formula is C21H19N5O3. The van der Waals surface area contributed by atoms with Gasteiger partial charge in [-0.3, -0.25) is 14.9 Å². The van der Waals surface area contributed by atoms with Crippen molar-refractivity contribution >= 4 is 22.3 Å². The third kappa shape index (κ3) is 3.65. The number of hydrogen-bond donors (Lipinski definition) is 2. The number of aliphatic hydroxyl groups excluding tert-OH is 1. The molecule has 0 saturated heterocycles. The number of azo groups is 1. The molecule has 4 aromatic rings. The normalized spacial score (nSPS) is 11.4. The fourth-order valence-electron chi connectivity index (χ4n) is 3.06. The first-order chi connectivity index (χ1) is 14.2. The first kappa shape index (κ1) is 18.6.